The summed E-state index contributed by atoms with van der Waals surface area (Å²) in [6.45, 7) is 4.81. The summed E-state index contributed by atoms with van der Waals surface area (Å²) in [6.07, 6.45) is 1.75. The van der Waals surface area contributed by atoms with Crippen molar-refractivity contribution in [3.8, 4) is 5.75 Å². The number of carbonyl (C=O) groups excluding carboxylic acids is 2. The number of aryl methyl sites for hydroxylation is 1. The Morgan fingerprint density at radius 2 is 1.52 bits per heavy atom. The third-order valence-electron chi connectivity index (χ3n) is 6.53. The minimum absolute atomic E-state index is 0.159. The van der Waals surface area contributed by atoms with Gasteiger partial charge >= 0.3 is 0 Å². The van der Waals surface area contributed by atoms with Gasteiger partial charge in [0.25, 0.3) is 0 Å². The van der Waals surface area contributed by atoms with Gasteiger partial charge in [-0.15, -0.1) is 0 Å². The van der Waals surface area contributed by atoms with Crippen LogP contribution in [0, 0.1) is 0 Å². The Balaban J connectivity index is 1.86. The molecule has 0 aliphatic rings. The van der Waals surface area contributed by atoms with Crippen LogP contribution in [0.5, 0.6) is 5.75 Å². The van der Waals surface area contributed by atoms with Crippen molar-refractivity contribution in [3.63, 3.8) is 0 Å². The second-order valence-electron chi connectivity index (χ2n) is 9.51. The Morgan fingerprint density at radius 3 is 2.12 bits per heavy atom. The van der Waals surface area contributed by atoms with Crippen molar-refractivity contribution in [2.45, 2.75) is 57.0 Å². The van der Waals surface area contributed by atoms with E-state index in [1.807, 2.05) is 61.5 Å². The average molecular weight is 566 g/mol. The topological polar surface area (TPSA) is 105 Å². The number of hydrogen-bond donors (Lipinski definition) is 2. The Bertz CT molecular complexity index is 1330. The second kappa shape index (κ2) is 15.2. The predicted octanol–water partition coefficient (Wildman–Crippen LogP) is 4.09. The van der Waals surface area contributed by atoms with Crippen LogP contribution in [0.3, 0.4) is 0 Å². The average Bonchev–Trinajstić information content (AvgIpc) is 2.97. The van der Waals surface area contributed by atoms with Gasteiger partial charge in [0.05, 0.1) is 12.0 Å². The maximum absolute atomic E-state index is 13.8. The molecule has 40 heavy (non-hydrogen) atoms. The quantitative estimate of drug-likeness (QED) is 0.289. The fraction of sp³-hybridized carbons (Fsp3) is 0.355. The van der Waals surface area contributed by atoms with Crippen molar-refractivity contribution in [1.82, 2.24) is 14.9 Å². The molecule has 0 radical (unpaired) electrons. The van der Waals surface area contributed by atoms with Crippen LogP contribution < -0.4 is 14.8 Å². The van der Waals surface area contributed by atoms with Crippen molar-refractivity contribution in [1.29, 1.82) is 0 Å². The monoisotopic (exact) mass is 565 g/mol. The number of methoxy groups -OCH3 is 1. The largest absolute Gasteiger partial charge is 0.497 e. The highest BCUT2D eigenvalue weighted by molar-refractivity contribution is 7.89. The van der Waals surface area contributed by atoms with Crippen LogP contribution in [-0.2, 0) is 39.0 Å². The third-order valence-corrected chi connectivity index (χ3v) is 8.09. The van der Waals surface area contributed by atoms with Crippen LogP contribution in [0.15, 0.2) is 83.8 Å². The molecule has 1 atom stereocenters. The van der Waals surface area contributed by atoms with Crippen LogP contribution in [0.2, 0.25) is 0 Å². The molecule has 3 rings (SSSR count). The summed E-state index contributed by atoms with van der Waals surface area (Å²) in [6, 6.07) is 23.0. The lowest BCUT2D eigenvalue weighted by Gasteiger charge is -2.31. The molecule has 0 saturated carbocycles. The van der Waals surface area contributed by atoms with Crippen molar-refractivity contribution in [3.05, 3.63) is 95.6 Å². The smallest absolute Gasteiger partial charge is 0.243 e. The Kier molecular flexibility index (Phi) is 11.7. The molecule has 2 N–H and O–H groups in total. The van der Waals surface area contributed by atoms with Gasteiger partial charge in [-0.25, -0.2) is 13.1 Å². The molecule has 0 aromatic heterocycles. The van der Waals surface area contributed by atoms with E-state index in [1.165, 1.54) is 0 Å². The molecule has 2 amide bonds. The summed E-state index contributed by atoms with van der Waals surface area (Å²) in [5, 5.41) is 2.98. The fourth-order valence-corrected chi connectivity index (χ4v) is 5.39. The zero-order chi connectivity index (χ0) is 29.0. The van der Waals surface area contributed by atoms with Gasteiger partial charge < -0.3 is 15.0 Å². The Labute approximate surface area is 237 Å². The number of hydrogen-bond acceptors (Lipinski definition) is 5. The van der Waals surface area contributed by atoms with E-state index >= 15 is 0 Å². The van der Waals surface area contributed by atoms with Crippen LogP contribution in [0.1, 0.15) is 43.4 Å². The minimum Gasteiger partial charge on any atom is -0.497 e. The molecule has 9 heteroatoms. The molecule has 0 saturated heterocycles. The standard InChI is InChI=1S/C31H39N3O5S/c1-4-21-32-31(36)29(22-25-9-7-6-8-10-25)34(23-26-11-16-27(39-3)17-12-26)30(35)20-15-24-13-18-28(19-14-24)40(37,38)33-5-2/h6-14,16-19,29,33H,4-5,15,20-23H2,1-3H3,(H,32,36). The zero-order valence-electron chi connectivity index (χ0n) is 23.4. The van der Waals surface area contributed by atoms with E-state index in [4.69, 9.17) is 4.74 Å². The molecule has 214 valence electrons. The van der Waals surface area contributed by atoms with Gasteiger partial charge in [-0.05, 0) is 53.8 Å². The lowest BCUT2D eigenvalue weighted by Crippen LogP contribution is -2.50. The molecule has 0 aliphatic carbocycles. The molecule has 0 aliphatic heterocycles. The van der Waals surface area contributed by atoms with E-state index in [1.54, 1.807) is 43.2 Å². The van der Waals surface area contributed by atoms with Gasteiger partial charge in [-0.2, -0.15) is 0 Å². The zero-order valence-corrected chi connectivity index (χ0v) is 24.2. The molecule has 3 aromatic rings. The number of nitrogens with one attached hydrogen (secondary N) is 2. The Morgan fingerprint density at radius 1 is 0.875 bits per heavy atom. The number of rotatable bonds is 15. The summed E-state index contributed by atoms with van der Waals surface area (Å²) in [5.74, 6) is 0.362. The van der Waals surface area contributed by atoms with Crippen LogP contribution in [0.25, 0.3) is 0 Å². The molecule has 0 fully saturated rings. The highest BCUT2D eigenvalue weighted by atomic mass is 32.2. The number of sulfonamides is 1. The molecule has 0 spiro atoms. The third kappa shape index (κ3) is 8.93. The molecule has 0 heterocycles. The number of ether oxygens (including phenoxy) is 1. The summed E-state index contributed by atoms with van der Waals surface area (Å²) in [7, 11) is -1.95. The predicted molar refractivity (Wildman–Crippen MR) is 156 cm³/mol. The van der Waals surface area contributed by atoms with Crippen molar-refractivity contribution in [2.75, 3.05) is 20.2 Å². The first-order chi connectivity index (χ1) is 19.3. The highest BCUT2D eigenvalue weighted by Crippen LogP contribution is 2.19. The lowest BCUT2D eigenvalue weighted by atomic mass is 10.0. The summed E-state index contributed by atoms with van der Waals surface area (Å²) < 4.78 is 32.3. The number of benzene rings is 3. The van der Waals surface area contributed by atoms with E-state index < -0.39 is 16.1 Å². The van der Waals surface area contributed by atoms with E-state index in [-0.39, 0.29) is 29.7 Å². The van der Waals surface area contributed by atoms with E-state index in [2.05, 4.69) is 10.0 Å². The molecule has 3 aromatic carbocycles. The summed E-state index contributed by atoms with van der Waals surface area (Å²) in [4.78, 5) is 29.0. The molecule has 1 unspecified atom stereocenters. The van der Waals surface area contributed by atoms with Gasteiger partial charge in [0.1, 0.15) is 11.8 Å². The second-order valence-corrected chi connectivity index (χ2v) is 11.3. The van der Waals surface area contributed by atoms with Crippen molar-refractivity contribution >= 4 is 21.8 Å². The normalized spacial score (nSPS) is 12.0. The molecular weight excluding hydrogens is 526 g/mol. The SMILES string of the molecule is CCCNC(=O)C(Cc1ccccc1)N(Cc1ccc(OC)cc1)C(=O)CCc1ccc(S(=O)(=O)NCC)cc1. The summed E-state index contributed by atoms with van der Waals surface area (Å²) >= 11 is 0. The van der Waals surface area contributed by atoms with Gasteiger partial charge in [0.2, 0.25) is 21.8 Å². The number of nitrogens with zero attached hydrogens (tertiary/aromatic N) is 1. The molecular formula is C31H39N3O5S. The maximum Gasteiger partial charge on any atom is 0.243 e. The Hall–Kier alpha value is -3.69. The molecule has 8 nitrogen and oxygen atoms in total. The van der Waals surface area contributed by atoms with Gasteiger partial charge in [-0.3, -0.25) is 9.59 Å². The van der Waals surface area contributed by atoms with Crippen molar-refractivity contribution < 1.29 is 22.7 Å². The first-order valence-corrected chi connectivity index (χ1v) is 15.1. The van der Waals surface area contributed by atoms with E-state index in [0.29, 0.717) is 31.7 Å². The van der Waals surface area contributed by atoms with E-state index in [0.717, 1.165) is 23.1 Å². The van der Waals surface area contributed by atoms with Crippen LogP contribution >= 0.6 is 0 Å². The summed E-state index contributed by atoms with van der Waals surface area (Å²) in [5.41, 5.74) is 2.68. The van der Waals surface area contributed by atoms with Gasteiger partial charge in [-0.1, -0.05) is 68.4 Å². The number of amides is 2. The van der Waals surface area contributed by atoms with Crippen LogP contribution in [0.4, 0.5) is 0 Å². The minimum atomic E-state index is -3.55. The number of carbonyl (C=O) groups is 2. The fourth-order valence-electron chi connectivity index (χ4n) is 4.35. The highest BCUT2D eigenvalue weighted by Gasteiger charge is 2.30. The maximum atomic E-state index is 13.8. The van der Waals surface area contributed by atoms with Crippen LogP contribution in [-0.4, -0.2) is 51.4 Å². The van der Waals surface area contributed by atoms with Gasteiger partial charge in [0, 0.05) is 32.5 Å². The first-order valence-electron chi connectivity index (χ1n) is 13.6. The van der Waals surface area contributed by atoms with E-state index in [9.17, 15) is 18.0 Å². The van der Waals surface area contributed by atoms with Gasteiger partial charge in [0.15, 0.2) is 0 Å². The molecule has 0 bridgehead atoms. The lowest BCUT2D eigenvalue weighted by molar-refractivity contribution is -0.141. The van der Waals surface area contributed by atoms with Crippen molar-refractivity contribution in [2.24, 2.45) is 0 Å². The first kappa shape index (κ1) is 30.8.